The first-order chi connectivity index (χ1) is 15.4. The molecule has 0 saturated carbocycles. The Balaban J connectivity index is 1.74. The van der Waals surface area contributed by atoms with E-state index in [2.05, 4.69) is 20.4 Å². The van der Waals surface area contributed by atoms with Crippen LogP contribution in [-0.2, 0) is 9.73 Å². The summed E-state index contributed by atoms with van der Waals surface area (Å²) in [5.74, 6) is 0.689. The Labute approximate surface area is 182 Å². The van der Waals surface area contributed by atoms with Crippen molar-refractivity contribution in [1.82, 2.24) is 24.6 Å². The first-order valence-electron chi connectivity index (χ1n) is 9.62. The predicted octanol–water partition coefficient (Wildman–Crippen LogP) is 3.48. The molecule has 1 atom stereocenters. The highest BCUT2D eigenvalue weighted by atomic mass is 32.2. The van der Waals surface area contributed by atoms with Crippen molar-refractivity contribution in [2.24, 2.45) is 0 Å². The van der Waals surface area contributed by atoms with Crippen LogP contribution >= 0.6 is 0 Å². The van der Waals surface area contributed by atoms with Crippen LogP contribution in [0.25, 0.3) is 27.9 Å². The fourth-order valence-electron chi connectivity index (χ4n) is 3.31. The number of benzene rings is 2. The minimum Gasteiger partial charge on any atom is -0.319 e. The van der Waals surface area contributed by atoms with Gasteiger partial charge in [-0.05, 0) is 36.4 Å². The van der Waals surface area contributed by atoms with E-state index in [1.54, 1.807) is 42.5 Å². The summed E-state index contributed by atoms with van der Waals surface area (Å²) in [6.45, 7) is 0. The molecule has 32 heavy (non-hydrogen) atoms. The van der Waals surface area contributed by atoms with Crippen LogP contribution in [0.2, 0.25) is 0 Å². The number of nitrogens with one attached hydrogen (secondary N) is 2. The van der Waals surface area contributed by atoms with Gasteiger partial charge in [0, 0.05) is 28.3 Å². The number of rotatable bonds is 4. The SMILES string of the molecule is C[S@@](=N)(=O)c1cccc(-c2nc3c4ccccc4nc(Nc4ccccnc4=O)n3n2)c1. The molecule has 9 nitrogen and oxygen atoms in total. The zero-order valence-electron chi connectivity index (χ0n) is 16.9. The van der Waals surface area contributed by atoms with E-state index in [9.17, 15) is 9.00 Å². The maximum Gasteiger partial charge on any atom is 0.293 e. The van der Waals surface area contributed by atoms with Gasteiger partial charge in [-0.1, -0.05) is 30.3 Å². The summed E-state index contributed by atoms with van der Waals surface area (Å²) in [5.41, 5.74) is 1.67. The second-order valence-electron chi connectivity index (χ2n) is 7.17. The smallest absolute Gasteiger partial charge is 0.293 e. The Kier molecular flexibility index (Phi) is 4.63. The summed E-state index contributed by atoms with van der Waals surface area (Å²) < 4.78 is 21.6. The number of aromatic nitrogens is 5. The number of anilines is 2. The molecule has 0 bridgehead atoms. The van der Waals surface area contributed by atoms with Crippen molar-refractivity contribution in [1.29, 1.82) is 4.78 Å². The second-order valence-corrected chi connectivity index (χ2v) is 9.33. The standard InChI is InChI=1S/C22H17N7O2S/c1-32(23,31)15-8-6-7-14(13-15)19-27-20-16-9-2-3-10-17(16)25-22(29(20)28-19)26-18-11-4-5-12-24-21(18)30/h2-13,23H,1H3,(H,24,25,26,30)/t32-/m1/s1. The van der Waals surface area contributed by atoms with Gasteiger partial charge in [0.25, 0.3) is 5.56 Å². The molecule has 3 heterocycles. The molecule has 0 aliphatic rings. The minimum absolute atomic E-state index is 0.248. The average molecular weight is 443 g/mol. The van der Waals surface area contributed by atoms with Crippen LogP contribution in [-0.4, -0.2) is 35.0 Å². The summed E-state index contributed by atoms with van der Waals surface area (Å²) in [4.78, 5) is 25.8. The largest absolute Gasteiger partial charge is 0.319 e. The first kappa shape index (κ1) is 19.8. The topological polar surface area (TPSA) is 126 Å². The molecule has 0 spiro atoms. The van der Waals surface area contributed by atoms with E-state index in [1.807, 2.05) is 24.3 Å². The van der Waals surface area contributed by atoms with Gasteiger partial charge >= 0.3 is 0 Å². The van der Waals surface area contributed by atoms with Gasteiger partial charge in [-0.25, -0.2) is 23.9 Å². The third-order valence-electron chi connectivity index (χ3n) is 4.85. The Morgan fingerprint density at radius 1 is 1.00 bits per heavy atom. The van der Waals surface area contributed by atoms with Gasteiger partial charge in [0.05, 0.1) is 15.2 Å². The molecule has 158 valence electrons. The highest BCUT2D eigenvalue weighted by Gasteiger charge is 2.16. The maximum atomic E-state index is 12.3. The maximum absolute atomic E-state index is 12.3. The van der Waals surface area contributed by atoms with E-state index in [0.717, 1.165) is 5.39 Å². The van der Waals surface area contributed by atoms with Crippen LogP contribution in [0, 0.1) is 4.78 Å². The van der Waals surface area contributed by atoms with Crippen LogP contribution in [0.3, 0.4) is 0 Å². The molecule has 5 rings (SSSR count). The molecule has 0 saturated heterocycles. The fourth-order valence-corrected chi connectivity index (χ4v) is 4.00. The summed E-state index contributed by atoms with van der Waals surface area (Å²) in [6.07, 6.45) is 2.80. The van der Waals surface area contributed by atoms with E-state index >= 15 is 0 Å². The Hall–Kier alpha value is -4.18. The van der Waals surface area contributed by atoms with E-state index in [1.165, 1.54) is 17.0 Å². The van der Waals surface area contributed by atoms with Crippen LogP contribution in [0.4, 0.5) is 11.6 Å². The molecule has 0 aliphatic carbocycles. The molecular weight excluding hydrogens is 426 g/mol. The minimum atomic E-state index is -2.89. The number of hydrogen-bond donors (Lipinski definition) is 2. The summed E-state index contributed by atoms with van der Waals surface area (Å²) in [6, 6.07) is 19.3. The average Bonchev–Trinajstić information content (AvgIpc) is 3.14. The number of hydrogen-bond acceptors (Lipinski definition) is 8. The van der Waals surface area contributed by atoms with Crippen LogP contribution in [0.1, 0.15) is 0 Å². The van der Waals surface area contributed by atoms with Crippen LogP contribution in [0.5, 0.6) is 0 Å². The first-order valence-corrected chi connectivity index (χ1v) is 11.6. The van der Waals surface area contributed by atoms with Crippen molar-refractivity contribution < 1.29 is 4.21 Å². The van der Waals surface area contributed by atoms with Crippen molar-refractivity contribution in [3.63, 3.8) is 0 Å². The van der Waals surface area contributed by atoms with Gasteiger partial charge in [-0.15, -0.1) is 5.10 Å². The van der Waals surface area contributed by atoms with Crippen molar-refractivity contribution in [2.45, 2.75) is 4.90 Å². The third-order valence-corrected chi connectivity index (χ3v) is 6.00. The molecule has 2 aromatic carbocycles. The Morgan fingerprint density at radius 2 is 1.81 bits per heavy atom. The lowest BCUT2D eigenvalue weighted by molar-refractivity contribution is 0.679. The number of fused-ring (bicyclic) bond motifs is 3. The Morgan fingerprint density at radius 3 is 2.66 bits per heavy atom. The second kappa shape index (κ2) is 7.50. The molecule has 5 aromatic rings. The molecular formula is C22H17N7O2S. The predicted molar refractivity (Wildman–Crippen MR) is 123 cm³/mol. The van der Waals surface area contributed by atoms with Gasteiger partial charge in [-0.3, -0.25) is 4.79 Å². The number of nitrogens with zero attached hydrogens (tertiary/aromatic N) is 5. The highest BCUT2D eigenvalue weighted by molar-refractivity contribution is 7.91. The normalized spacial score (nSPS) is 13.2. The summed E-state index contributed by atoms with van der Waals surface area (Å²) in [5, 5.41) is 8.41. The van der Waals surface area contributed by atoms with E-state index in [-0.39, 0.29) is 5.69 Å². The monoisotopic (exact) mass is 443 g/mol. The lowest BCUT2D eigenvalue weighted by atomic mass is 10.2. The molecule has 10 heteroatoms. The van der Waals surface area contributed by atoms with Crippen LogP contribution in [0.15, 0.2) is 82.6 Å². The van der Waals surface area contributed by atoms with Crippen molar-refractivity contribution in [2.75, 3.05) is 11.6 Å². The summed E-state index contributed by atoms with van der Waals surface area (Å²) in [7, 11) is -2.89. The van der Waals surface area contributed by atoms with Gasteiger partial charge in [0.1, 0.15) is 5.69 Å². The molecule has 0 radical (unpaired) electrons. The van der Waals surface area contributed by atoms with E-state index in [4.69, 9.17) is 9.76 Å². The van der Waals surface area contributed by atoms with Gasteiger partial charge in [0.15, 0.2) is 11.5 Å². The molecule has 3 aromatic heterocycles. The van der Waals surface area contributed by atoms with Gasteiger partial charge in [0.2, 0.25) is 5.95 Å². The quantitative estimate of drug-likeness (QED) is 0.435. The third kappa shape index (κ3) is 3.56. The van der Waals surface area contributed by atoms with Gasteiger partial charge < -0.3 is 5.32 Å². The van der Waals surface area contributed by atoms with Crippen molar-refractivity contribution >= 4 is 37.9 Å². The molecule has 0 aliphatic heterocycles. The molecule has 0 unspecified atom stereocenters. The lowest BCUT2D eigenvalue weighted by Crippen LogP contribution is -2.11. The number of para-hydroxylation sites is 1. The lowest BCUT2D eigenvalue weighted by Gasteiger charge is -2.07. The van der Waals surface area contributed by atoms with E-state index < -0.39 is 15.3 Å². The highest BCUT2D eigenvalue weighted by Crippen LogP contribution is 2.26. The van der Waals surface area contributed by atoms with Crippen molar-refractivity contribution in [3.05, 3.63) is 83.3 Å². The molecule has 2 N–H and O–H groups in total. The molecule has 0 fully saturated rings. The van der Waals surface area contributed by atoms with Crippen molar-refractivity contribution in [3.8, 4) is 11.4 Å². The van der Waals surface area contributed by atoms with E-state index in [0.29, 0.717) is 33.4 Å². The van der Waals surface area contributed by atoms with Gasteiger partial charge in [-0.2, -0.15) is 4.52 Å². The molecule has 0 amide bonds. The zero-order valence-corrected chi connectivity index (χ0v) is 17.7. The van der Waals surface area contributed by atoms with Crippen LogP contribution < -0.4 is 10.9 Å². The Bertz CT molecular complexity index is 1660. The zero-order chi connectivity index (χ0) is 22.3. The summed E-state index contributed by atoms with van der Waals surface area (Å²) >= 11 is 0. The fraction of sp³-hybridized carbons (Fsp3) is 0.0455.